The fourth-order valence-corrected chi connectivity index (χ4v) is 1.76. The maximum atomic E-state index is 5.82. The molecule has 1 N–H and O–H groups in total. The molecule has 1 heterocycles. The van der Waals surface area contributed by atoms with Crippen molar-refractivity contribution in [2.75, 3.05) is 19.5 Å². The van der Waals surface area contributed by atoms with Gasteiger partial charge in [-0.1, -0.05) is 12.1 Å². The van der Waals surface area contributed by atoms with Crippen molar-refractivity contribution in [3.05, 3.63) is 28.8 Å². The van der Waals surface area contributed by atoms with Crippen LogP contribution in [0.4, 0.5) is 5.95 Å². The Hall–Kier alpha value is -2.37. The van der Waals surface area contributed by atoms with E-state index in [2.05, 4.69) is 26.3 Å². The van der Waals surface area contributed by atoms with Gasteiger partial charge in [-0.3, -0.25) is 0 Å². The summed E-state index contributed by atoms with van der Waals surface area (Å²) >= 11 is 0. The summed E-state index contributed by atoms with van der Waals surface area (Å²) in [5.41, 5.74) is 3.24. The highest BCUT2D eigenvalue weighted by molar-refractivity contribution is 5.46. The highest BCUT2D eigenvalue weighted by Gasteiger charge is 2.12. The number of aromatic nitrogens is 3. The molecule has 20 heavy (non-hydrogen) atoms. The maximum Gasteiger partial charge on any atom is 0.330 e. The number of benzene rings is 1. The van der Waals surface area contributed by atoms with Crippen LogP contribution in [0.3, 0.4) is 0 Å². The first-order valence-corrected chi connectivity index (χ1v) is 6.27. The lowest BCUT2D eigenvalue weighted by Crippen LogP contribution is -2.04. The predicted octanol–water partition coefficient (Wildman–Crippen LogP) is 2.64. The Balaban J connectivity index is 2.42. The van der Waals surface area contributed by atoms with Crippen molar-refractivity contribution in [3.63, 3.8) is 0 Å². The van der Waals surface area contributed by atoms with E-state index >= 15 is 0 Å². The molecule has 0 saturated carbocycles. The number of hydrogen-bond donors (Lipinski definition) is 1. The number of anilines is 1. The third-order valence-electron chi connectivity index (χ3n) is 3.07. The van der Waals surface area contributed by atoms with Crippen molar-refractivity contribution < 1.29 is 9.47 Å². The molecule has 2 aromatic rings. The van der Waals surface area contributed by atoms with Crippen LogP contribution in [0.15, 0.2) is 12.1 Å². The topological polar surface area (TPSA) is 69.2 Å². The molecule has 0 radical (unpaired) electrons. The fourth-order valence-electron chi connectivity index (χ4n) is 1.76. The standard InChI is InChI=1S/C14H18N4O2/c1-8-6-7-9(2)11(10(8)3)20-14-17-12(15-4)16-13(18-14)19-5/h6-7H,1-5H3,(H,15,16,17,18). The van der Waals surface area contributed by atoms with Gasteiger partial charge in [-0.05, 0) is 37.5 Å². The van der Waals surface area contributed by atoms with E-state index in [1.807, 2.05) is 26.8 Å². The van der Waals surface area contributed by atoms with E-state index in [9.17, 15) is 0 Å². The largest absolute Gasteiger partial charge is 0.467 e. The lowest BCUT2D eigenvalue weighted by atomic mass is 10.1. The number of nitrogens with zero attached hydrogens (tertiary/aromatic N) is 3. The summed E-state index contributed by atoms with van der Waals surface area (Å²) < 4.78 is 10.9. The van der Waals surface area contributed by atoms with Crippen molar-refractivity contribution in [1.29, 1.82) is 0 Å². The molecule has 0 aliphatic carbocycles. The van der Waals surface area contributed by atoms with Crippen LogP contribution in [0.1, 0.15) is 16.7 Å². The number of hydrogen-bond acceptors (Lipinski definition) is 6. The minimum Gasteiger partial charge on any atom is -0.467 e. The van der Waals surface area contributed by atoms with E-state index in [1.165, 1.54) is 7.11 Å². The summed E-state index contributed by atoms with van der Waals surface area (Å²) in [4.78, 5) is 12.3. The lowest BCUT2D eigenvalue weighted by Gasteiger charge is -2.13. The Labute approximate surface area is 118 Å². The van der Waals surface area contributed by atoms with Crippen LogP contribution in [-0.2, 0) is 0 Å². The molecular formula is C14H18N4O2. The number of ether oxygens (including phenoxy) is 2. The quantitative estimate of drug-likeness (QED) is 0.924. The Kier molecular flexibility index (Phi) is 4.02. The third kappa shape index (κ3) is 2.79. The second-order valence-electron chi connectivity index (χ2n) is 4.43. The molecule has 0 spiro atoms. The van der Waals surface area contributed by atoms with Crippen LogP contribution in [0.5, 0.6) is 17.8 Å². The van der Waals surface area contributed by atoms with Crippen molar-refractivity contribution in [1.82, 2.24) is 15.0 Å². The number of nitrogens with one attached hydrogen (secondary N) is 1. The molecule has 0 fully saturated rings. The van der Waals surface area contributed by atoms with E-state index in [0.29, 0.717) is 5.95 Å². The van der Waals surface area contributed by atoms with Gasteiger partial charge < -0.3 is 14.8 Å². The average molecular weight is 274 g/mol. The van der Waals surface area contributed by atoms with E-state index < -0.39 is 0 Å². The van der Waals surface area contributed by atoms with Gasteiger partial charge in [0.25, 0.3) is 0 Å². The van der Waals surface area contributed by atoms with Gasteiger partial charge in [-0.15, -0.1) is 4.98 Å². The average Bonchev–Trinajstić information content (AvgIpc) is 2.47. The van der Waals surface area contributed by atoms with Crippen LogP contribution in [0.25, 0.3) is 0 Å². The zero-order valence-corrected chi connectivity index (χ0v) is 12.3. The number of methoxy groups -OCH3 is 1. The molecule has 6 heteroatoms. The number of rotatable bonds is 4. The SMILES string of the molecule is CNc1nc(OC)nc(Oc2c(C)ccc(C)c2C)n1. The van der Waals surface area contributed by atoms with Crippen molar-refractivity contribution in [2.24, 2.45) is 0 Å². The second kappa shape index (κ2) is 5.73. The molecule has 106 valence electrons. The van der Waals surface area contributed by atoms with Gasteiger partial charge in [0.1, 0.15) is 5.75 Å². The first-order valence-electron chi connectivity index (χ1n) is 6.27. The summed E-state index contributed by atoms with van der Waals surface area (Å²) in [5, 5.41) is 2.85. The monoisotopic (exact) mass is 274 g/mol. The van der Waals surface area contributed by atoms with Gasteiger partial charge in [0.05, 0.1) is 7.11 Å². The van der Waals surface area contributed by atoms with Crippen molar-refractivity contribution >= 4 is 5.95 Å². The van der Waals surface area contributed by atoms with Gasteiger partial charge in [0.2, 0.25) is 5.95 Å². The normalized spacial score (nSPS) is 10.2. The van der Waals surface area contributed by atoms with Crippen LogP contribution in [0, 0.1) is 20.8 Å². The van der Waals surface area contributed by atoms with Gasteiger partial charge >= 0.3 is 12.0 Å². The Morgan fingerprint density at radius 1 is 0.950 bits per heavy atom. The van der Waals surface area contributed by atoms with E-state index in [0.717, 1.165) is 22.4 Å². The third-order valence-corrected chi connectivity index (χ3v) is 3.07. The molecule has 0 aliphatic heterocycles. The van der Waals surface area contributed by atoms with Crippen LogP contribution in [-0.4, -0.2) is 29.1 Å². The van der Waals surface area contributed by atoms with Gasteiger partial charge in [0.15, 0.2) is 0 Å². The minimum absolute atomic E-state index is 0.206. The summed E-state index contributed by atoms with van der Waals surface area (Å²) in [5.74, 6) is 1.16. The lowest BCUT2D eigenvalue weighted by molar-refractivity contribution is 0.359. The number of aryl methyl sites for hydroxylation is 2. The molecule has 2 rings (SSSR count). The summed E-state index contributed by atoms with van der Waals surface area (Å²) in [6.07, 6.45) is 0. The molecule has 0 amide bonds. The fraction of sp³-hybridized carbons (Fsp3) is 0.357. The smallest absolute Gasteiger partial charge is 0.330 e. The van der Waals surface area contributed by atoms with Crippen molar-refractivity contribution in [3.8, 4) is 17.8 Å². The first kappa shape index (κ1) is 14.0. The van der Waals surface area contributed by atoms with Crippen LogP contribution in [0.2, 0.25) is 0 Å². The molecule has 0 unspecified atom stereocenters. The van der Waals surface area contributed by atoms with E-state index in [-0.39, 0.29) is 12.0 Å². The van der Waals surface area contributed by atoms with Gasteiger partial charge in [0, 0.05) is 7.05 Å². The Bertz CT molecular complexity index is 607. The molecule has 0 saturated heterocycles. The summed E-state index contributed by atoms with van der Waals surface area (Å²) in [7, 11) is 3.23. The Morgan fingerprint density at radius 3 is 2.25 bits per heavy atom. The van der Waals surface area contributed by atoms with Gasteiger partial charge in [-0.25, -0.2) is 0 Å². The van der Waals surface area contributed by atoms with Crippen LogP contribution >= 0.6 is 0 Å². The molecule has 6 nitrogen and oxygen atoms in total. The van der Waals surface area contributed by atoms with E-state index in [4.69, 9.17) is 9.47 Å². The predicted molar refractivity (Wildman–Crippen MR) is 76.7 cm³/mol. The molecule has 0 atom stereocenters. The molecular weight excluding hydrogens is 256 g/mol. The molecule has 0 aliphatic rings. The summed E-state index contributed by atoms with van der Waals surface area (Å²) in [6, 6.07) is 4.49. The second-order valence-corrected chi connectivity index (χ2v) is 4.43. The highest BCUT2D eigenvalue weighted by Crippen LogP contribution is 2.29. The molecule has 0 bridgehead atoms. The highest BCUT2D eigenvalue weighted by atomic mass is 16.5. The van der Waals surface area contributed by atoms with Gasteiger partial charge in [-0.2, -0.15) is 9.97 Å². The zero-order chi connectivity index (χ0) is 14.7. The Morgan fingerprint density at radius 2 is 1.60 bits per heavy atom. The zero-order valence-electron chi connectivity index (χ0n) is 12.3. The van der Waals surface area contributed by atoms with Crippen LogP contribution < -0.4 is 14.8 Å². The van der Waals surface area contributed by atoms with Crippen molar-refractivity contribution in [2.45, 2.75) is 20.8 Å². The summed E-state index contributed by atoms with van der Waals surface area (Å²) in [6.45, 7) is 6.03. The molecule has 1 aromatic carbocycles. The first-order chi connectivity index (χ1) is 9.55. The molecule has 1 aromatic heterocycles. The van der Waals surface area contributed by atoms with E-state index in [1.54, 1.807) is 7.05 Å². The minimum atomic E-state index is 0.206. The maximum absolute atomic E-state index is 5.82.